The molecule has 0 atom stereocenters. The van der Waals surface area contributed by atoms with E-state index in [1.54, 1.807) is 23.2 Å². The number of rotatable bonds is 4. The highest BCUT2D eigenvalue weighted by molar-refractivity contribution is 5.69. The van der Waals surface area contributed by atoms with Gasteiger partial charge in [-0.15, -0.1) is 0 Å². The Morgan fingerprint density at radius 1 is 1.30 bits per heavy atom. The fourth-order valence-electron chi connectivity index (χ4n) is 2.59. The van der Waals surface area contributed by atoms with Gasteiger partial charge in [-0.3, -0.25) is 10.1 Å². The zero-order chi connectivity index (χ0) is 20.2. The average Bonchev–Trinajstić information content (AvgIpc) is 2.58. The predicted octanol–water partition coefficient (Wildman–Crippen LogP) is 2.58. The van der Waals surface area contributed by atoms with E-state index >= 15 is 0 Å². The number of carbonyl (C=O) groups is 1. The Kier molecular flexibility index (Phi) is 6.24. The van der Waals surface area contributed by atoms with Gasteiger partial charge < -0.3 is 19.4 Å². The maximum atomic E-state index is 12.2. The lowest BCUT2D eigenvalue weighted by molar-refractivity contribution is -0.385. The van der Waals surface area contributed by atoms with E-state index in [1.165, 1.54) is 6.20 Å². The molecule has 0 aromatic carbocycles. The van der Waals surface area contributed by atoms with E-state index < -0.39 is 10.5 Å². The minimum Gasteiger partial charge on any atom is -0.444 e. The van der Waals surface area contributed by atoms with E-state index in [0.717, 1.165) is 0 Å². The quantitative estimate of drug-likeness (QED) is 0.588. The summed E-state index contributed by atoms with van der Waals surface area (Å²) < 4.78 is 5.40. The van der Waals surface area contributed by atoms with Gasteiger partial charge in [0.05, 0.1) is 10.5 Å². The van der Waals surface area contributed by atoms with Gasteiger partial charge in [0.15, 0.2) is 0 Å². The minimum atomic E-state index is -0.526. The summed E-state index contributed by atoms with van der Waals surface area (Å²) in [6.07, 6.45) is 4.41. The summed E-state index contributed by atoms with van der Waals surface area (Å²) in [6, 6.07) is 1.71. The summed E-state index contributed by atoms with van der Waals surface area (Å²) in [5, 5.41) is 11.2. The molecule has 2 rings (SSSR count). The van der Waals surface area contributed by atoms with E-state index in [0.29, 0.717) is 37.6 Å². The van der Waals surface area contributed by atoms with Crippen molar-refractivity contribution in [2.75, 3.05) is 45.2 Å². The molecule has 9 heteroatoms. The molecule has 1 saturated heterocycles. The number of pyridine rings is 1. The number of piperazine rings is 1. The standard InChI is InChI=1S/C18H27N5O4/c1-18(2,3)27-17(24)22-10-8-21(9-11-22)16-12-14(6-7-20(4)5)15(13-19-16)23(25)26/h6-7,12-13H,8-11H2,1-5H3. The second-order valence-electron chi connectivity index (χ2n) is 7.59. The van der Waals surface area contributed by atoms with E-state index in [-0.39, 0.29) is 11.8 Å². The summed E-state index contributed by atoms with van der Waals surface area (Å²) in [6.45, 7) is 7.70. The van der Waals surface area contributed by atoms with Gasteiger partial charge >= 0.3 is 6.09 Å². The van der Waals surface area contributed by atoms with Crippen molar-refractivity contribution in [3.8, 4) is 0 Å². The van der Waals surface area contributed by atoms with Gasteiger partial charge in [0.2, 0.25) is 0 Å². The second-order valence-corrected chi connectivity index (χ2v) is 7.59. The summed E-state index contributed by atoms with van der Waals surface area (Å²) in [7, 11) is 3.70. The number of aromatic nitrogens is 1. The SMILES string of the molecule is CN(C)C=Cc1cc(N2CCN(C(=O)OC(C)(C)C)CC2)ncc1[N+](=O)[O-]. The number of hydrogen-bond acceptors (Lipinski definition) is 7. The lowest BCUT2D eigenvalue weighted by Crippen LogP contribution is -2.50. The Balaban J connectivity index is 2.10. The predicted molar refractivity (Wildman–Crippen MR) is 104 cm³/mol. The highest BCUT2D eigenvalue weighted by Gasteiger charge is 2.27. The molecular formula is C18H27N5O4. The van der Waals surface area contributed by atoms with Crippen molar-refractivity contribution in [1.29, 1.82) is 0 Å². The van der Waals surface area contributed by atoms with Crippen LogP contribution in [0.1, 0.15) is 26.3 Å². The number of nitrogens with zero attached hydrogens (tertiary/aromatic N) is 5. The zero-order valence-electron chi connectivity index (χ0n) is 16.5. The highest BCUT2D eigenvalue weighted by Crippen LogP contribution is 2.25. The minimum absolute atomic E-state index is 0.0377. The molecule has 0 unspecified atom stereocenters. The third-order valence-electron chi connectivity index (χ3n) is 3.90. The molecule has 148 valence electrons. The van der Waals surface area contributed by atoms with Gasteiger partial charge in [0, 0.05) is 40.3 Å². The molecule has 27 heavy (non-hydrogen) atoms. The largest absolute Gasteiger partial charge is 0.444 e. The van der Waals surface area contributed by atoms with Gasteiger partial charge in [-0.1, -0.05) is 0 Å². The Bertz CT molecular complexity index is 719. The molecule has 1 fully saturated rings. The maximum Gasteiger partial charge on any atom is 0.410 e. The molecule has 0 N–H and O–H groups in total. The Morgan fingerprint density at radius 2 is 1.93 bits per heavy atom. The van der Waals surface area contributed by atoms with Gasteiger partial charge in [-0.2, -0.15) is 0 Å². The van der Waals surface area contributed by atoms with Crippen LogP contribution in [0.5, 0.6) is 0 Å². The third-order valence-corrected chi connectivity index (χ3v) is 3.90. The van der Waals surface area contributed by atoms with Crippen LogP contribution < -0.4 is 4.90 Å². The van der Waals surface area contributed by atoms with Crippen LogP contribution in [0, 0.1) is 10.1 Å². The van der Waals surface area contributed by atoms with Crippen molar-refractivity contribution >= 4 is 23.7 Å². The summed E-state index contributed by atoms with van der Waals surface area (Å²) in [4.78, 5) is 32.7. The second kappa shape index (κ2) is 8.24. The number of hydrogen-bond donors (Lipinski definition) is 0. The summed E-state index contributed by atoms with van der Waals surface area (Å²) in [5.74, 6) is 0.655. The molecule has 0 saturated carbocycles. The van der Waals surface area contributed by atoms with Crippen molar-refractivity contribution in [2.24, 2.45) is 0 Å². The molecule has 0 spiro atoms. The van der Waals surface area contributed by atoms with E-state index in [1.807, 2.05) is 44.7 Å². The summed E-state index contributed by atoms with van der Waals surface area (Å²) >= 11 is 0. The molecule has 9 nitrogen and oxygen atoms in total. The van der Waals surface area contributed by atoms with Crippen LogP contribution >= 0.6 is 0 Å². The van der Waals surface area contributed by atoms with Gasteiger partial charge in [-0.25, -0.2) is 9.78 Å². The molecule has 1 aromatic rings. The van der Waals surface area contributed by atoms with E-state index in [4.69, 9.17) is 4.74 Å². The number of ether oxygens (including phenoxy) is 1. The molecule has 1 aromatic heterocycles. The molecule has 1 aliphatic rings. The van der Waals surface area contributed by atoms with Crippen LogP contribution in [0.3, 0.4) is 0 Å². The molecule has 0 bridgehead atoms. The fourth-order valence-corrected chi connectivity index (χ4v) is 2.59. The first-order valence-electron chi connectivity index (χ1n) is 8.79. The van der Waals surface area contributed by atoms with E-state index in [9.17, 15) is 14.9 Å². The number of nitro groups is 1. The first-order valence-corrected chi connectivity index (χ1v) is 8.79. The molecule has 2 heterocycles. The normalized spacial score (nSPS) is 15.1. The number of amides is 1. The molecule has 1 amide bonds. The topological polar surface area (TPSA) is 92.0 Å². The number of anilines is 1. The van der Waals surface area contributed by atoms with Gasteiger partial charge in [-0.05, 0) is 39.1 Å². The van der Waals surface area contributed by atoms with Crippen molar-refractivity contribution < 1.29 is 14.5 Å². The Hall–Kier alpha value is -2.84. The molecule has 0 radical (unpaired) electrons. The van der Waals surface area contributed by atoms with Crippen LogP contribution in [0.2, 0.25) is 0 Å². The smallest absolute Gasteiger partial charge is 0.410 e. The van der Waals surface area contributed by atoms with Crippen molar-refractivity contribution in [3.05, 3.63) is 34.1 Å². The Labute approximate surface area is 159 Å². The van der Waals surface area contributed by atoms with Crippen LogP contribution in [0.25, 0.3) is 6.08 Å². The van der Waals surface area contributed by atoms with Crippen molar-refractivity contribution in [3.63, 3.8) is 0 Å². The lowest BCUT2D eigenvalue weighted by Gasteiger charge is -2.36. The Morgan fingerprint density at radius 3 is 2.44 bits per heavy atom. The first-order chi connectivity index (χ1) is 12.6. The van der Waals surface area contributed by atoms with Gasteiger partial charge in [0.1, 0.15) is 17.6 Å². The van der Waals surface area contributed by atoms with Crippen LogP contribution in [0.15, 0.2) is 18.5 Å². The first kappa shape index (κ1) is 20.5. The van der Waals surface area contributed by atoms with Crippen LogP contribution in [-0.2, 0) is 4.74 Å². The average molecular weight is 377 g/mol. The van der Waals surface area contributed by atoms with Crippen molar-refractivity contribution in [2.45, 2.75) is 26.4 Å². The van der Waals surface area contributed by atoms with E-state index in [2.05, 4.69) is 4.98 Å². The molecule has 0 aliphatic carbocycles. The lowest BCUT2D eigenvalue weighted by atomic mass is 10.2. The highest BCUT2D eigenvalue weighted by atomic mass is 16.6. The van der Waals surface area contributed by atoms with Crippen LogP contribution in [0.4, 0.5) is 16.3 Å². The van der Waals surface area contributed by atoms with Crippen LogP contribution in [-0.4, -0.2) is 71.7 Å². The zero-order valence-corrected chi connectivity index (χ0v) is 16.5. The maximum absolute atomic E-state index is 12.2. The molecule has 1 aliphatic heterocycles. The van der Waals surface area contributed by atoms with Gasteiger partial charge in [0.25, 0.3) is 5.69 Å². The number of carbonyl (C=O) groups excluding carboxylic acids is 1. The fraction of sp³-hybridized carbons (Fsp3) is 0.556. The monoisotopic (exact) mass is 377 g/mol. The molecular weight excluding hydrogens is 350 g/mol. The van der Waals surface area contributed by atoms with Crippen molar-refractivity contribution in [1.82, 2.24) is 14.8 Å². The summed E-state index contributed by atoms with van der Waals surface area (Å²) in [5.41, 5.74) is -0.0699. The third kappa shape index (κ3) is 5.83.